The van der Waals surface area contributed by atoms with E-state index in [1.165, 1.54) is 18.4 Å². The lowest BCUT2D eigenvalue weighted by Gasteiger charge is -2.13. The molecule has 2 N–H and O–H groups in total. The lowest BCUT2D eigenvalue weighted by Crippen LogP contribution is -2.19. The van der Waals surface area contributed by atoms with E-state index in [0.717, 1.165) is 24.8 Å². The molecule has 0 aromatic carbocycles. The van der Waals surface area contributed by atoms with Crippen molar-refractivity contribution in [3.63, 3.8) is 0 Å². The average molecular weight is 363 g/mol. The number of carbonyl (C=O) groups is 1. The molecule has 1 fully saturated rings. The number of ether oxygens (including phenoxy) is 2. The Morgan fingerprint density at radius 2 is 2.16 bits per heavy atom. The van der Waals surface area contributed by atoms with E-state index >= 15 is 0 Å². The van der Waals surface area contributed by atoms with Crippen molar-refractivity contribution in [2.75, 3.05) is 19.5 Å². The molecule has 0 amide bonds. The van der Waals surface area contributed by atoms with Gasteiger partial charge in [-0.25, -0.2) is 0 Å². The van der Waals surface area contributed by atoms with Gasteiger partial charge < -0.3 is 15.2 Å². The van der Waals surface area contributed by atoms with Gasteiger partial charge in [-0.2, -0.15) is 0 Å². The number of terminal acetylenes is 1. The number of hydrogen-bond donors (Lipinski definition) is 1. The average Bonchev–Trinajstić information content (AvgIpc) is 3.33. The molecule has 1 saturated carbocycles. The van der Waals surface area contributed by atoms with Crippen LogP contribution < -0.4 is 10.5 Å². The number of aromatic nitrogens is 2. The number of esters is 1. The summed E-state index contributed by atoms with van der Waals surface area (Å²) in [6.07, 6.45) is 14.0. The van der Waals surface area contributed by atoms with Crippen LogP contribution in [0.15, 0.2) is 23.8 Å². The fourth-order valence-electron chi connectivity index (χ4n) is 2.17. The lowest BCUT2D eigenvalue weighted by molar-refractivity contribution is -0.145. The van der Waals surface area contributed by atoms with Gasteiger partial charge in [0.25, 0.3) is 5.19 Å². The third-order valence-electron chi connectivity index (χ3n) is 3.62. The first kappa shape index (κ1) is 20.7. The minimum atomic E-state index is -0.422. The molecule has 0 atom stereocenters. The summed E-state index contributed by atoms with van der Waals surface area (Å²) in [4.78, 5) is 11.8. The Morgan fingerprint density at radius 3 is 2.60 bits per heavy atom. The molecule has 1 heterocycles. The molecule has 7 heteroatoms. The molecule has 0 spiro atoms. The Kier molecular flexibility index (Phi) is 8.71. The predicted octanol–water partition coefficient (Wildman–Crippen LogP) is 3.37. The van der Waals surface area contributed by atoms with Gasteiger partial charge in [0.1, 0.15) is 0 Å². The number of hydrogen-bond acceptors (Lipinski definition) is 7. The van der Waals surface area contributed by atoms with Crippen molar-refractivity contribution in [2.45, 2.75) is 39.5 Å². The number of nitrogen functional groups attached to an aromatic ring is 1. The van der Waals surface area contributed by atoms with Crippen molar-refractivity contribution in [2.24, 2.45) is 5.41 Å². The molecule has 2 rings (SSSR count). The zero-order valence-corrected chi connectivity index (χ0v) is 15.8. The topological polar surface area (TPSA) is 87.3 Å². The second kappa shape index (κ2) is 10.5. The third-order valence-corrected chi connectivity index (χ3v) is 4.29. The van der Waals surface area contributed by atoms with Crippen LogP contribution in [0.4, 0.5) is 5.13 Å². The first-order valence-electron chi connectivity index (χ1n) is 8.11. The van der Waals surface area contributed by atoms with Crippen LogP contribution in [-0.4, -0.2) is 29.9 Å². The van der Waals surface area contributed by atoms with E-state index in [4.69, 9.17) is 21.6 Å². The largest absolute Gasteiger partial charge is 0.469 e. The second-order valence-corrected chi connectivity index (χ2v) is 6.29. The van der Waals surface area contributed by atoms with Crippen LogP contribution in [0.1, 0.15) is 39.5 Å². The molecule has 25 heavy (non-hydrogen) atoms. The van der Waals surface area contributed by atoms with E-state index in [1.807, 2.05) is 32.1 Å². The standard InChI is InChI=1S/C14H19N3O3S.C4H6/c1-3-10(14(7-8-14)11(18)19-2)6-4-5-9-20-13-17-16-12(15)21-13;1-3-4-2/h3-4,6H,5,7-9H2,1-2H3,(H2,15,16);1H,4H2,2H3/b6-4-,10-3+;. The summed E-state index contributed by atoms with van der Waals surface area (Å²) in [5.74, 6) is 2.28. The number of allylic oxidation sites excluding steroid dienone is 2. The summed E-state index contributed by atoms with van der Waals surface area (Å²) in [5.41, 5.74) is 6.05. The molecule has 0 bridgehead atoms. The highest BCUT2D eigenvalue weighted by Crippen LogP contribution is 2.53. The molecular weight excluding hydrogens is 338 g/mol. The fourth-order valence-corrected chi connectivity index (χ4v) is 2.65. The Bertz CT molecular complexity index is 655. The maximum atomic E-state index is 11.8. The van der Waals surface area contributed by atoms with Crippen molar-refractivity contribution < 1.29 is 14.3 Å². The monoisotopic (exact) mass is 363 g/mol. The van der Waals surface area contributed by atoms with Gasteiger partial charge in [0.05, 0.1) is 19.1 Å². The summed E-state index contributed by atoms with van der Waals surface area (Å²) in [5, 5.41) is 8.31. The van der Waals surface area contributed by atoms with Crippen LogP contribution >= 0.6 is 11.3 Å². The van der Waals surface area contributed by atoms with Crippen molar-refractivity contribution in [3.05, 3.63) is 23.8 Å². The molecule has 0 radical (unpaired) electrons. The van der Waals surface area contributed by atoms with E-state index in [-0.39, 0.29) is 5.97 Å². The summed E-state index contributed by atoms with van der Waals surface area (Å²) in [7, 11) is 1.43. The van der Waals surface area contributed by atoms with Crippen molar-refractivity contribution in [3.8, 4) is 17.5 Å². The van der Waals surface area contributed by atoms with E-state index < -0.39 is 5.41 Å². The zero-order valence-electron chi connectivity index (χ0n) is 14.9. The van der Waals surface area contributed by atoms with Crippen LogP contribution in [0, 0.1) is 17.8 Å². The van der Waals surface area contributed by atoms with Crippen molar-refractivity contribution in [1.29, 1.82) is 0 Å². The number of nitrogens with zero attached hydrogens (tertiary/aromatic N) is 2. The van der Waals surface area contributed by atoms with E-state index in [0.29, 0.717) is 23.4 Å². The zero-order chi connectivity index (χ0) is 18.7. The maximum absolute atomic E-state index is 11.8. The smallest absolute Gasteiger partial charge is 0.316 e. The van der Waals surface area contributed by atoms with E-state index in [9.17, 15) is 4.79 Å². The Morgan fingerprint density at radius 1 is 1.48 bits per heavy atom. The normalized spacial score (nSPS) is 15.0. The van der Waals surface area contributed by atoms with Crippen LogP contribution in [0.5, 0.6) is 5.19 Å². The van der Waals surface area contributed by atoms with Crippen LogP contribution in [0.2, 0.25) is 0 Å². The number of anilines is 1. The van der Waals surface area contributed by atoms with Crippen LogP contribution in [0.25, 0.3) is 0 Å². The minimum absolute atomic E-state index is 0.152. The first-order valence-corrected chi connectivity index (χ1v) is 8.92. The van der Waals surface area contributed by atoms with Gasteiger partial charge in [-0.05, 0) is 43.1 Å². The molecule has 1 aliphatic rings. The SMILES string of the molecule is C#CCC.C/C=C(\C=C/CCOc1nnc(N)s1)C1(C(=O)OC)CC1. The van der Waals surface area contributed by atoms with Gasteiger partial charge in [-0.15, -0.1) is 17.4 Å². The molecule has 1 aromatic heterocycles. The van der Waals surface area contributed by atoms with Crippen LogP contribution in [-0.2, 0) is 9.53 Å². The fraction of sp³-hybridized carbons (Fsp3) is 0.500. The Hall–Kier alpha value is -2.33. The number of rotatable bonds is 7. The van der Waals surface area contributed by atoms with E-state index in [2.05, 4.69) is 16.1 Å². The summed E-state index contributed by atoms with van der Waals surface area (Å²) in [6.45, 7) is 4.37. The van der Waals surface area contributed by atoms with Gasteiger partial charge in [-0.3, -0.25) is 4.79 Å². The summed E-state index contributed by atoms with van der Waals surface area (Å²) in [6, 6.07) is 0. The summed E-state index contributed by atoms with van der Waals surface area (Å²) >= 11 is 1.21. The van der Waals surface area contributed by atoms with Crippen LogP contribution in [0.3, 0.4) is 0 Å². The molecule has 0 aliphatic heterocycles. The molecule has 0 saturated heterocycles. The highest BCUT2D eigenvalue weighted by Gasteiger charge is 2.52. The number of methoxy groups -OCH3 is 1. The molecular formula is C18H25N3O3S. The Labute approximate surface area is 153 Å². The molecule has 6 nitrogen and oxygen atoms in total. The quantitative estimate of drug-likeness (QED) is 0.346. The molecule has 136 valence electrons. The van der Waals surface area contributed by atoms with Gasteiger partial charge in [0, 0.05) is 6.42 Å². The number of carbonyl (C=O) groups excluding carboxylic acids is 1. The highest BCUT2D eigenvalue weighted by atomic mass is 32.1. The minimum Gasteiger partial charge on any atom is -0.469 e. The molecule has 0 unspecified atom stereocenters. The van der Waals surface area contributed by atoms with Crippen molar-refractivity contribution in [1.82, 2.24) is 10.2 Å². The molecule has 1 aromatic rings. The van der Waals surface area contributed by atoms with Gasteiger partial charge in [0.15, 0.2) is 0 Å². The number of nitrogens with two attached hydrogens (primary N) is 1. The Balaban J connectivity index is 0.000000705. The van der Waals surface area contributed by atoms with E-state index in [1.54, 1.807) is 0 Å². The second-order valence-electron chi connectivity index (χ2n) is 5.32. The van der Waals surface area contributed by atoms with Gasteiger partial charge in [-0.1, -0.05) is 30.3 Å². The highest BCUT2D eigenvalue weighted by molar-refractivity contribution is 7.16. The third kappa shape index (κ3) is 6.24. The maximum Gasteiger partial charge on any atom is 0.316 e. The first-order chi connectivity index (χ1) is 12.0. The van der Waals surface area contributed by atoms with Gasteiger partial charge >= 0.3 is 5.97 Å². The summed E-state index contributed by atoms with van der Waals surface area (Å²) < 4.78 is 10.3. The molecule has 1 aliphatic carbocycles. The van der Waals surface area contributed by atoms with Crippen molar-refractivity contribution >= 4 is 22.4 Å². The predicted molar refractivity (Wildman–Crippen MR) is 100 cm³/mol. The lowest BCUT2D eigenvalue weighted by atomic mass is 9.95. The van der Waals surface area contributed by atoms with Gasteiger partial charge in [0.2, 0.25) is 5.13 Å².